The van der Waals surface area contributed by atoms with E-state index < -0.39 is 182 Å². The Bertz CT molecular complexity index is 4040. The van der Waals surface area contributed by atoms with Gasteiger partial charge in [0.25, 0.3) is 0 Å². The standard InChI is InChI=1S/C46H70N8O16.C34H52N6O14.CH4.BH2I3P/c1-11-37(55)45(63)53-51-33(6)16-20-41(59)67-27-36(70-44(62)23-14-31(4)49-10)28-68-42(60)21-17-34(7)52-54-46(64)38(56)24-50-32(5)15-19-40(58)66-26-35(69-43(61)22-13-30(3)48-9)25-65-39(57)18-12-29(2)47-8;1-7-27(43)33(49)39-37-23(4)10-14-31(47)53-19-26(42)20-54-32(48)15-11-24(5)38-40-34(50)28(44)16-36-22(3)9-13-30(46)52-18-25(41)17-51-29(45)12-8-21(2)35-6;;2-4(3)1-5/h35-36H,11-28H2,1-10H3,(H,53,63)(H,54,64);25-26,41-42H,7-20H2,1-6H3,(H,39,49)(H,40,50);1H4;5H2/b47-29?,48-30?,49-31?,50-32?,51-33+,52-34+;35-21?,36-22?,37-23+,38-24+;;. The second-order valence-corrected chi connectivity index (χ2v) is 53.7. The van der Waals surface area contributed by atoms with Crippen LogP contribution in [-0.2, 0) is 134 Å². The van der Waals surface area contributed by atoms with E-state index in [-0.39, 0.29) is 161 Å². The molecule has 0 spiro atoms. The second-order valence-electron chi connectivity index (χ2n) is 27.8. The number of ketones is 4. The Morgan fingerprint density at radius 2 is 0.477 bits per heavy atom. The molecule has 0 aliphatic heterocycles. The Hall–Kier alpha value is -9.44. The number of aliphatic hydroxyl groups is 2. The fourth-order valence-electron chi connectivity index (χ4n) is 8.27. The van der Waals surface area contributed by atoms with E-state index >= 15 is 0 Å². The minimum atomic E-state index is -1.29. The summed E-state index contributed by atoms with van der Waals surface area (Å²) in [5.41, 5.74) is 13.3. The number of hydrazone groups is 4. The van der Waals surface area contributed by atoms with Crippen molar-refractivity contribution in [2.75, 3.05) is 94.1 Å². The van der Waals surface area contributed by atoms with Gasteiger partial charge < -0.3 is 57.6 Å². The number of hydrogen-bond acceptors (Lipinski definition) is 40. The summed E-state index contributed by atoms with van der Waals surface area (Å²) in [6.45, 7) is 15.0. The van der Waals surface area contributed by atoms with Gasteiger partial charge in [-0.2, -0.15) is 20.4 Å². The Labute approximate surface area is 787 Å². The average molecular weight is 2200 g/mol. The number of hydrogen-bond donors (Lipinski definition) is 6. The first-order valence-electron chi connectivity index (χ1n) is 40.6. The summed E-state index contributed by atoms with van der Waals surface area (Å²) in [6, 6.07) is 0. The van der Waals surface area contributed by atoms with Gasteiger partial charge in [0.05, 0.1) is 64.2 Å². The van der Waals surface area contributed by atoms with E-state index in [1.54, 1.807) is 76.7 Å². The molecule has 0 aromatic carbocycles. The molecule has 0 aromatic rings. The Morgan fingerprint density at radius 1 is 0.300 bits per heavy atom. The topological polar surface area (TPSA) is 612 Å². The number of amides is 4. The van der Waals surface area contributed by atoms with E-state index in [1.165, 1.54) is 34.6 Å². The molecule has 0 fully saturated rings. The van der Waals surface area contributed by atoms with E-state index in [0.717, 1.165) is 17.1 Å². The van der Waals surface area contributed by atoms with Gasteiger partial charge in [0.1, 0.15) is 78.2 Å². The van der Waals surface area contributed by atoms with Crippen molar-refractivity contribution in [1.82, 2.24) is 21.7 Å². The molecule has 0 saturated carbocycles. The normalized spacial score (nSPS) is 13.1. The summed E-state index contributed by atoms with van der Waals surface area (Å²) in [7, 11) is 9.02. The van der Waals surface area contributed by atoms with Crippen LogP contribution in [0.4, 0.5) is 0 Å². The molecule has 6 N–H and O–H groups in total. The monoisotopic (exact) mass is 2200 g/mol. The van der Waals surface area contributed by atoms with E-state index in [9.17, 15) is 96.5 Å². The molecule has 5 unspecified atom stereocenters. The van der Waals surface area contributed by atoms with Gasteiger partial charge in [-0.3, -0.25) is 116 Å². The van der Waals surface area contributed by atoms with Crippen molar-refractivity contribution >= 4 is 226 Å². The van der Waals surface area contributed by atoms with Crippen molar-refractivity contribution in [3.05, 3.63) is 0 Å². The molecule has 0 aliphatic carbocycles. The van der Waals surface area contributed by atoms with Crippen LogP contribution < -0.4 is 21.7 Å². The number of ether oxygens (including phenoxy) is 10. The number of aliphatic hydroxyl groups excluding tert-OH is 2. The molecule has 1 radical (unpaired) electrons. The van der Waals surface area contributed by atoms with E-state index in [0.29, 0.717) is 54.2 Å². The second kappa shape index (κ2) is 78.2. The summed E-state index contributed by atoms with van der Waals surface area (Å²) >= 11 is 4.44. The van der Waals surface area contributed by atoms with Gasteiger partial charge in [-0.15, -0.1) is 0 Å². The molecule has 0 bridgehead atoms. The van der Waals surface area contributed by atoms with Crippen LogP contribution >= 0.6 is 58.0 Å². The summed E-state index contributed by atoms with van der Waals surface area (Å²) in [4.78, 5) is 243. The van der Waals surface area contributed by atoms with E-state index in [2.05, 4.69) is 123 Å². The molecular formula is C81H128BI3N14O30P. The first kappa shape index (κ1) is 127. The van der Waals surface area contributed by atoms with Crippen LogP contribution in [0.1, 0.15) is 232 Å². The van der Waals surface area contributed by atoms with Crippen molar-refractivity contribution in [2.24, 2.45) is 50.4 Å². The maximum absolute atomic E-state index is 12.6. The van der Waals surface area contributed by atoms with Gasteiger partial charge in [0, 0.05) is 98.1 Å². The number of nitrogens with one attached hydrogen (secondary N) is 4. The Balaban J connectivity index is -0.00000118. The summed E-state index contributed by atoms with van der Waals surface area (Å²) < 4.78 is 51.5. The van der Waals surface area contributed by atoms with Crippen LogP contribution in [0.2, 0.25) is 0 Å². The molecule has 731 valence electrons. The SMILES string of the molecule is C.CCC(=O)C(=O)N/N=C(\C)CCC(=O)OCC(COC(=O)CC/C(C)=N/NC(=O)C(=O)CN=C(C)CCC(=O)OCC(COC(=O)CCC(C)=NC)OC(=O)CCC(C)=NC)OC(=O)CCC(C)=NC.CCC(=O)C(=O)N/N=C(\C)CCC(=O)OCC(O)COC(=O)CC/C(C)=N/NC(=O)C(=O)CN=C(C)CCC(=O)OCC(O)COC(=O)CCC(C)=NC.P[B]I(I)I. The Kier molecular flexibility index (Phi) is 76.3. The zero-order chi connectivity index (χ0) is 98.4. The zero-order valence-corrected chi connectivity index (χ0v) is 83.7. The quantitative estimate of drug-likeness (QED) is 0.00572. The van der Waals surface area contributed by atoms with Gasteiger partial charge in [-0.05, 0) is 133 Å². The van der Waals surface area contributed by atoms with Crippen molar-refractivity contribution in [2.45, 2.75) is 256 Å². The van der Waals surface area contributed by atoms with Crippen LogP contribution in [0.25, 0.3) is 0 Å². The predicted molar refractivity (Wildman–Crippen MR) is 514 cm³/mol. The average Bonchev–Trinajstić information content (AvgIpc) is 1.10. The summed E-state index contributed by atoms with van der Waals surface area (Å²) in [6.07, 6.45) is -3.50. The zero-order valence-electron chi connectivity index (χ0n) is 76.0. The molecule has 0 rings (SSSR count). The van der Waals surface area contributed by atoms with Gasteiger partial charge in [0.2, 0.25) is 23.1 Å². The molecule has 44 nitrogen and oxygen atoms in total. The van der Waals surface area contributed by atoms with Gasteiger partial charge in [-0.25, -0.2) is 21.7 Å². The number of halogens is 3. The van der Waals surface area contributed by atoms with E-state index in [1.807, 2.05) is 0 Å². The molecule has 0 heterocycles. The molecule has 130 heavy (non-hydrogen) atoms. The van der Waals surface area contributed by atoms with Gasteiger partial charge in [0.15, 0.2) is 12.2 Å². The molecule has 0 saturated heterocycles. The third kappa shape index (κ3) is 74.2. The molecule has 0 aliphatic rings. The Morgan fingerprint density at radius 3 is 0.669 bits per heavy atom. The fraction of sp³-hybridized carbons (Fsp3) is 0.654. The fourth-order valence-corrected chi connectivity index (χ4v) is 8.27. The van der Waals surface area contributed by atoms with Crippen molar-refractivity contribution in [1.29, 1.82) is 0 Å². The third-order valence-electron chi connectivity index (χ3n) is 16.6. The number of Topliss-reactive ketones (excluding diaryl/α,β-unsaturated/α-hetero) is 4. The minimum absolute atomic E-state index is 0. The van der Waals surface area contributed by atoms with Gasteiger partial charge in [-0.1, -0.05) is 21.3 Å². The number of carbonyl (C=O) groups excluding carboxylic acids is 18. The number of esters is 10. The molecule has 49 heteroatoms. The van der Waals surface area contributed by atoms with Gasteiger partial charge >= 0.3 is 146 Å². The first-order valence-corrected chi connectivity index (χ1v) is 55.1. The van der Waals surface area contributed by atoms with Crippen LogP contribution in [0.15, 0.2) is 50.4 Å². The molecule has 5 atom stereocenters. The number of rotatable bonds is 63. The van der Waals surface area contributed by atoms with E-state index in [4.69, 9.17) is 47.4 Å². The van der Waals surface area contributed by atoms with Crippen LogP contribution in [-0.4, -0.2) is 297 Å². The number of carbonyl (C=O) groups is 18. The summed E-state index contributed by atoms with van der Waals surface area (Å²) in [5, 5.41) is 34.9. The van der Waals surface area contributed by atoms with Crippen LogP contribution in [0.5, 0.6) is 0 Å². The van der Waals surface area contributed by atoms with Crippen molar-refractivity contribution in [3.63, 3.8) is 0 Å². The first-order chi connectivity index (χ1) is 60.8. The van der Waals surface area contributed by atoms with Crippen LogP contribution in [0, 0.1) is 0 Å². The number of aliphatic imine (C=N–C) groups is 6. The van der Waals surface area contributed by atoms with Crippen LogP contribution in [0.3, 0.4) is 0 Å². The predicted octanol–water partition coefficient (Wildman–Crippen LogP) is 6.25. The number of nitrogens with zero attached hydrogens (tertiary/aromatic N) is 10. The third-order valence-corrected chi connectivity index (χ3v) is 29.4. The molecule has 4 amide bonds. The maximum atomic E-state index is 12.6. The molecule has 0 aromatic heterocycles. The van der Waals surface area contributed by atoms with Crippen molar-refractivity contribution < 1.29 is 144 Å². The van der Waals surface area contributed by atoms with Crippen molar-refractivity contribution in [3.8, 4) is 0 Å². The summed E-state index contributed by atoms with van der Waals surface area (Å²) in [5.74, 6) is -13.4. The molecular weight excluding hydrogens is 2070 g/mol.